The Morgan fingerprint density at radius 2 is 2.21 bits per heavy atom. The van der Waals surface area contributed by atoms with Crippen molar-refractivity contribution in [2.45, 2.75) is 13.3 Å². The van der Waals surface area contributed by atoms with Gasteiger partial charge in [0.2, 0.25) is 0 Å². The summed E-state index contributed by atoms with van der Waals surface area (Å²) in [5.74, 6) is -0.370. The first-order valence-corrected chi connectivity index (χ1v) is 6.01. The fourth-order valence-electron chi connectivity index (χ4n) is 2.00. The van der Waals surface area contributed by atoms with Crippen LogP contribution in [0.1, 0.15) is 22.8 Å². The van der Waals surface area contributed by atoms with Gasteiger partial charge in [0, 0.05) is 18.8 Å². The number of aromatic nitrogens is 2. The molecule has 2 rings (SSSR count). The molecule has 5 nitrogen and oxygen atoms in total. The number of methoxy groups -OCH3 is 1. The summed E-state index contributed by atoms with van der Waals surface area (Å²) in [6.45, 7) is 2.04. The van der Waals surface area contributed by atoms with Crippen LogP contribution in [0.15, 0.2) is 24.4 Å². The highest BCUT2D eigenvalue weighted by atomic mass is 16.5. The van der Waals surface area contributed by atoms with Crippen molar-refractivity contribution in [3.05, 3.63) is 35.5 Å². The number of nitrogens with zero attached hydrogens (tertiary/aromatic N) is 2. The molecule has 5 heteroatoms. The Morgan fingerprint density at radius 3 is 2.79 bits per heavy atom. The van der Waals surface area contributed by atoms with E-state index in [1.54, 1.807) is 14.2 Å². The molecule has 100 valence electrons. The topological polar surface area (TPSA) is 64.4 Å². The van der Waals surface area contributed by atoms with Crippen molar-refractivity contribution in [3.8, 4) is 17.0 Å². The van der Waals surface area contributed by atoms with E-state index in [1.807, 2.05) is 25.1 Å². The Hall–Kier alpha value is -2.30. The predicted octanol–water partition coefficient (Wildman–Crippen LogP) is 2.36. The van der Waals surface area contributed by atoms with Gasteiger partial charge in [0.25, 0.3) is 0 Å². The second kappa shape index (κ2) is 5.14. The van der Waals surface area contributed by atoms with E-state index >= 15 is 0 Å². The first-order valence-electron chi connectivity index (χ1n) is 6.01. The van der Waals surface area contributed by atoms with Crippen LogP contribution in [0.2, 0.25) is 0 Å². The third-order valence-electron chi connectivity index (χ3n) is 2.99. The van der Waals surface area contributed by atoms with Crippen LogP contribution in [-0.2, 0) is 13.5 Å². The minimum atomic E-state index is -0.993. The van der Waals surface area contributed by atoms with Crippen molar-refractivity contribution < 1.29 is 14.6 Å². The Balaban J connectivity index is 2.66. The monoisotopic (exact) mass is 260 g/mol. The van der Waals surface area contributed by atoms with Crippen molar-refractivity contribution in [2.24, 2.45) is 7.05 Å². The van der Waals surface area contributed by atoms with Crippen LogP contribution < -0.4 is 4.74 Å². The highest BCUT2D eigenvalue weighted by Crippen LogP contribution is 2.32. The number of carboxylic acid groups (broad SMARTS) is 1. The molecule has 0 bridgehead atoms. The number of aromatic carboxylic acids is 1. The Labute approximate surface area is 111 Å². The summed E-state index contributed by atoms with van der Waals surface area (Å²) in [6.07, 6.45) is 2.36. The summed E-state index contributed by atoms with van der Waals surface area (Å²) in [7, 11) is 3.26. The quantitative estimate of drug-likeness (QED) is 0.916. The SMILES string of the molecule is CCc1ccc(OC)c(-c2nn(C)cc2C(=O)O)c1. The normalized spacial score (nSPS) is 10.5. The molecule has 19 heavy (non-hydrogen) atoms. The molecule has 0 aliphatic heterocycles. The molecule has 1 aromatic heterocycles. The van der Waals surface area contributed by atoms with Crippen molar-refractivity contribution in [1.82, 2.24) is 9.78 Å². The van der Waals surface area contributed by atoms with E-state index in [4.69, 9.17) is 4.74 Å². The molecule has 0 unspecified atom stereocenters. The standard InChI is InChI=1S/C14H16N2O3/c1-4-9-5-6-12(19-3)10(7-9)13-11(14(17)18)8-16(2)15-13/h5-8H,4H2,1-3H3,(H,17,18). The average Bonchev–Trinajstić information content (AvgIpc) is 2.80. The maximum absolute atomic E-state index is 11.3. The van der Waals surface area contributed by atoms with Crippen LogP contribution in [0, 0.1) is 0 Å². The molecule has 1 N–H and O–H groups in total. The van der Waals surface area contributed by atoms with Crippen LogP contribution in [0.3, 0.4) is 0 Å². The van der Waals surface area contributed by atoms with Crippen molar-refractivity contribution >= 4 is 5.97 Å². The average molecular weight is 260 g/mol. The summed E-state index contributed by atoms with van der Waals surface area (Å²) in [5, 5.41) is 13.5. The second-order valence-electron chi connectivity index (χ2n) is 4.26. The fraction of sp³-hybridized carbons (Fsp3) is 0.286. The maximum Gasteiger partial charge on any atom is 0.339 e. The maximum atomic E-state index is 11.3. The van der Waals surface area contributed by atoms with Gasteiger partial charge < -0.3 is 9.84 Å². The van der Waals surface area contributed by atoms with Gasteiger partial charge in [0.1, 0.15) is 17.0 Å². The molecule has 0 atom stereocenters. The van der Waals surface area contributed by atoms with Crippen molar-refractivity contribution in [1.29, 1.82) is 0 Å². The van der Waals surface area contributed by atoms with Gasteiger partial charge in [-0.15, -0.1) is 0 Å². The molecule has 0 aliphatic rings. The van der Waals surface area contributed by atoms with Gasteiger partial charge in [0.15, 0.2) is 0 Å². The summed E-state index contributed by atoms with van der Waals surface area (Å²) in [5.41, 5.74) is 2.42. The minimum absolute atomic E-state index is 0.175. The van der Waals surface area contributed by atoms with Crippen LogP contribution in [0.25, 0.3) is 11.3 Å². The van der Waals surface area contributed by atoms with E-state index in [0.717, 1.165) is 12.0 Å². The summed E-state index contributed by atoms with van der Waals surface area (Å²) in [4.78, 5) is 11.3. The molecule has 0 spiro atoms. The number of benzene rings is 1. The zero-order chi connectivity index (χ0) is 14.0. The molecule has 0 saturated carbocycles. The van der Waals surface area contributed by atoms with E-state index in [9.17, 15) is 9.90 Å². The Bertz CT molecular complexity index is 617. The molecule has 0 fully saturated rings. The molecule has 0 radical (unpaired) electrons. The number of hydrogen-bond acceptors (Lipinski definition) is 3. The smallest absolute Gasteiger partial charge is 0.339 e. The summed E-state index contributed by atoms with van der Waals surface area (Å²) >= 11 is 0. The number of aryl methyl sites for hydroxylation is 2. The molecule has 1 heterocycles. The van der Waals surface area contributed by atoms with Gasteiger partial charge in [-0.2, -0.15) is 5.10 Å². The second-order valence-corrected chi connectivity index (χ2v) is 4.26. The lowest BCUT2D eigenvalue weighted by atomic mass is 10.0. The van der Waals surface area contributed by atoms with E-state index < -0.39 is 5.97 Å². The number of carbonyl (C=O) groups is 1. The van der Waals surface area contributed by atoms with Crippen molar-refractivity contribution in [2.75, 3.05) is 7.11 Å². The fourth-order valence-corrected chi connectivity index (χ4v) is 2.00. The largest absolute Gasteiger partial charge is 0.496 e. The molecule has 1 aromatic carbocycles. The number of hydrogen-bond donors (Lipinski definition) is 1. The predicted molar refractivity (Wildman–Crippen MR) is 71.5 cm³/mol. The molecular weight excluding hydrogens is 244 g/mol. The van der Waals surface area contributed by atoms with Gasteiger partial charge in [-0.25, -0.2) is 4.79 Å². The highest BCUT2D eigenvalue weighted by molar-refractivity contribution is 5.95. The van der Waals surface area contributed by atoms with E-state index in [0.29, 0.717) is 17.0 Å². The summed E-state index contributed by atoms with van der Waals surface area (Å²) in [6, 6.07) is 5.73. The third-order valence-corrected chi connectivity index (χ3v) is 2.99. The molecule has 0 aliphatic carbocycles. The van der Waals surface area contributed by atoms with Crippen molar-refractivity contribution in [3.63, 3.8) is 0 Å². The molecule has 0 saturated heterocycles. The van der Waals surface area contributed by atoms with Gasteiger partial charge in [0.05, 0.1) is 7.11 Å². The Kier molecular flexibility index (Phi) is 3.55. The van der Waals surface area contributed by atoms with Gasteiger partial charge in [-0.3, -0.25) is 4.68 Å². The van der Waals surface area contributed by atoms with Crippen LogP contribution in [0.4, 0.5) is 0 Å². The first kappa shape index (κ1) is 13.1. The lowest BCUT2D eigenvalue weighted by Crippen LogP contribution is -1.98. The van der Waals surface area contributed by atoms with E-state index in [2.05, 4.69) is 5.10 Å². The highest BCUT2D eigenvalue weighted by Gasteiger charge is 2.19. The van der Waals surface area contributed by atoms with Gasteiger partial charge >= 0.3 is 5.97 Å². The molecule has 0 amide bonds. The van der Waals surface area contributed by atoms with Gasteiger partial charge in [-0.05, 0) is 24.1 Å². The lowest BCUT2D eigenvalue weighted by Gasteiger charge is -2.09. The lowest BCUT2D eigenvalue weighted by molar-refractivity contribution is 0.0697. The van der Waals surface area contributed by atoms with Crippen LogP contribution >= 0.6 is 0 Å². The zero-order valence-corrected chi connectivity index (χ0v) is 11.2. The van der Waals surface area contributed by atoms with E-state index in [-0.39, 0.29) is 5.56 Å². The number of ether oxygens (including phenoxy) is 1. The molecular formula is C14H16N2O3. The third kappa shape index (κ3) is 2.45. The van der Waals surface area contributed by atoms with Crippen LogP contribution in [-0.4, -0.2) is 28.0 Å². The zero-order valence-electron chi connectivity index (χ0n) is 11.2. The van der Waals surface area contributed by atoms with E-state index in [1.165, 1.54) is 10.9 Å². The number of carboxylic acids is 1. The first-order chi connectivity index (χ1) is 9.06. The van der Waals surface area contributed by atoms with Crippen LogP contribution in [0.5, 0.6) is 5.75 Å². The molecule has 2 aromatic rings. The Morgan fingerprint density at radius 1 is 1.47 bits per heavy atom. The van der Waals surface area contributed by atoms with Gasteiger partial charge in [-0.1, -0.05) is 13.0 Å². The summed E-state index contributed by atoms with van der Waals surface area (Å²) < 4.78 is 6.80. The minimum Gasteiger partial charge on any atom is -0.496 e. The number of rotatable bonds is 4.